The molecule has 3 aromatic rings. The Balaban J connectivity index is 1.98. The van der Waals surface area contributed by atoms with E-state index in [-0.39, 0.29) is 5.78 Å². The maximum atomic E-state index is 12.1. The highest BCUT2D eigenvalue weighted by Gasteiger charge is 2.15. The van der Waals surface area contributed by atoms with Gasteiger partial charge in [-0.05, 0) is 23.6 Å². The molecule has 2 aromatic heterocycles. The number of fused-ring (bicyclic) bond motifs is 1. The van der Waals surface area contributed by atoms with E-state index in [4.69, 9.17) is 0 Å². The lowest BCUT2D eigenvalue weighted by molar-refractivity contribution is -0.657. The van der Waals surface area contributed by atoms with Gasteiger partial charge in [-0.15, -0.1) is 11.3 Å². The minimum absolute atomic E-state index is 0.159. The molecule has 0 aliphatic carbocycles. The van der Waals surface area contributed by atoms with Gasteiger partial charge >= 0.3 is 0 Å². The summed E-state index contributed by atoms with van der Waals surface area (Å²) in [5.41, 5.74) is 1.09. The molecular formula is C15H12NOS+. The number of thiophene rings is 1. The average Bonchev–Trinajstić information content (AvgIpc) is 2.93. The predicted octanol–water partition coefficient (Wildman–Crippen LogP) is 3.07. The van der Waals surface area contributed by atoms with Crippen LogP contribution >= 0.6 is 11.3 Å². The Hall–Kier alpha value is -2.00. The number of ketones is 1. The second-order valence-corrected chi connectivity index (χ2v) is 5.04. The highest BCUT2D eigenvalue weighted by Crippen LogP contribution is 2.11. The van der Waals surface area contributed by atoms with Crippen molar-refractivity contribution in [2.45, 2.75) is 6.54 Å². The van der Waals surface area contributed by atoms with Gasteiger partial charge in [-0.25, -0.2) is 0 Å². The van der Waals surface area contributed by atoms with Gasteiger partial charge in [-0.3, -0.25) is 4.79 Å². The van der Waals surface area contributed by atoms with Crippen LogP contribution in [0.3, 0.4) is 0 Å². The van der Waals surface area contributed by atoms with Crippen LogP contribution in [0.1, 0.15) is 9.67 Å². The van der Waals surface area contributed by atoms with E-state index >= 15 is 0 Å². The molecule has 0 spiro atoms. The van der Waals surface area contributed by atoms with Gasteiger partial charge in [0.2, 0.25) is 17.8 Å². The van der Waals surface area contributed by atoms with Gasteiger partial charge in [0.25, 0.3) is 0 Å². The molecule has 0 bridgehead atoms. The first kappa shape index (κ1) is 11.1. The molecule has 3 rings (SSSR count). The van der Waals surface area contributed by atoms with E-state index < -0.39 is 0 Å². The number of carbonyl (C=O) groups is 1. The summed E-state index contributed by atoms with van der Waals surface area (Å²) in [6.07, 6.45) is 1.95. The molecule has 0 unspecified atom stereocenters. The largest absolute Gasteiger partial charge is 0.286 e. The van der Waals surface area contributed by atoms with Crippen molar-refractivity contribution >= 4 is 28.0 Å². The van der Waals surface area contributed by atoms with Gasteiger partial charge < -0.3 is 0 Å². The Morgan fingerprint density at radius 1 is 1.06 bits per heavy atom. The molecule has 0 amide bonds. The summed E-state index contributed by atoms with van der Waals surface area (Å²) in [7, 11) is 0. The van der Waals surface area contributed by atoms with Crippen LogP contribution in [0.4, 0.5) is 0 Å². The fourth-order valence-electron chi connectivity index (χ4n) is 2.03. The maximum Gasteiger partial charge on any atom is 0.237 e. The quantitative estimate of drug-likeness (QED) is 0.520. The first-order chi connectivity index (χ1) is 8.84. The Bertz CT molecular complexity index is 683. The minimum atomic E-state index is 0.159. The number of nitrogens with zero attached hydrogens (tertiary/aromatic N) is 1. The minimum Gasteiger partial charge on any atom is -0.286 e. The second kappa shape index (κ2) is 4.70. The zero-order valence-electron chi connectivity index (χ0n) is 9.74. The lowest BCUT2D eigenvalue weighted by atomic mass is 10.2. The molecule has 0 fully saturated rings. The van der Waals surface area contributed by atoms with E-state index in [1.807, 2.05) is 52.5 Å². The summed E-state index contributed by atoms with van der Waals surface area (Å²) in [5.74, 6) is 0.159. The van der Waals surface area contributed by atoms with Crippen LogP contribution in [0, 0.1) is 0 Å². The molecule has 1 aromatic carbocycles. The predicted molar refractivity (Wildman–Crippen MR) is 72.8 cm³/mol. The third kappa shape index (κ3) is 2.05. The highest BCUT2D eigenvalue weighted by atomic mass is 32.1. The van der Waals surface area contributed by atoms with Crippen LogP contribution in [-0.4, -0.2) is 5.78 Å². The lowest BCUT2D eigenvalue weighted by Gasteiger charge is -1.99. The van der Waals surface area contributed by atoms with Crippen LogP contribution in [0.5, 0.6) is 0 Å². The Morgan fingerprint density at radius 2 is 1.89 bits per heavy atom. The maximum absolute atomic E-state index is 12.1. The number of hydrogen-bond acceptors (Lipinski definition) is 2. The van der Waals surface area contributed by atoms with Crippen molar-refractivity contribution in [2.24, 2.45) is 0 Å². The van der Waals surface area contributed by atoms with E-state index in [1.54, 1.807) is 0 Å². The molecule has 2 heterocycles. The summed E-state index contributed by atoms with van der Waals surface area (Å²) >= 11 is 1.49. The molecular weight excluding hydrogens is 242 g/mol. The standard InChI is InChI=1S/C15H12NOS/c17-14(15-8-4-10-18-15)11-16-9-3-6-12-5-1-2-7-13(12)16/h1-10H,11H2/q+1. The molecule has 0 saturated heterocycles. The van der Waals surface area contributed by atoms with Crippen molar-refractivity contribution in [3.63, 3.8) is 0 Å². The molecule has 88 valence electrons. The normalized spacial score (nSPS) is 10.7. The number of pyridine rings is 1. The average molecular weight is 254 g/mol. The van der Waals surface area contributed by atoms with Crippen molar-refractivity contribution in [3.05, 3.63) is 65.0 Å². The molecule has 0 aliphatic heterocycles. The molecule has 0 atom stereocenters. The molecule has 0 radical (unpaired) electrons. The van der Waals surface area contributed by atoms with E-state index in [0.29, 0.717) is 6.54 Å². The summed E-state index contributed by atoms with van der Waals surface area (Å²) in [6, 6.07) is 15.9. The topological polar surface area (TPSA) is 20.9 Å². The van der Waals surface area contributed by atoms with Crippen LogP contribution < -0.4 is 4.57 Å². The first-order valence-corrected chi connectivity index (χ1v) is 6.66. The molecule has 0 aliphatic rings. The van der Waals surface area contributed by atoms with Crippen molar-refractivity contribution in [3.8, 4) is 0 Å². The Morgan fingerprint density at radius 3 is 2.72 bits per heavy atom. The number of rotatable bonds is 3. The van der Waals surface area contributed by atoms with Crippen molar-refractivity contribution < 1.29 is 9.36 Å². The SMILES string of the molecule is O=C(C[n+]1cccc2ccccc21)c1cccs1. The van der Waals surface area contributed by atoms with Crippen LogP contribution in [0.15, 0.2) is 60.1 Å². The first-order valence-electron chi connectivity index (χ1n) is 5.78. The Labute approximate surface area is 109 Å². The molecule has 18 heavy (non-hydrogen) atoms. The lowest BCUT2D eigenvalue weighted by Crippen LogP contribution is -2.38. The van der Waals surface area contributed by atoms with Crippen molar-refractivity contribution in [2.75, 3.05) is 0 Å². The number of aromatic nitrogens is 1. The molecule has 0 N–H and O–H groups in total. The van der Waals surface area contributed by atoms with Crippen molar-refractivity contribution in [1.82, 2.24) is 0 Å². The van der Waals surface area contributed by atoms with Gasteiger partial charge in [0.05, 0.1) is 4.88 Å². The summed E-state index contributed by atoms with van der Waals surface area (Å²) in [4.78, 5) is 12.9. The van der Waals surface area contributed by atoms with E-state index in [1.165, 1.54) is 11.3 Å². The van der Waals surface area contributed by atoms with Gasteiger partial charge in [0.15, 0.2) is 6.20 Å². The monoisotopic (exact) mass is 254 g/mol. The highest BCUT2D eigenvalue weighted by molar-refractivity contribution is 7.12. The fraction of sp³-hybridized carbons (Fsp3) is 0.0667. The zero-order chi connectivity index (χ0) is 12.4. The summed E-state index contributed by atoms with van der Waals surface area (Å²) in [5, 5.41) is 3.08. The van der Waals surface area contributed by atoms with E-state index in [0.717, 1.165) is 15.8 Å². The molecule has 3 heteroatoms. The third-order valence-corrected chi connectivity index (χ3v) is 3.81. The number of carbonyl (C=O) groups excluding carboxylic acids is 1. The van der Waals surface area contributed by atoms with Gasteiger partial charge in [-0.2, -0.15) is 4.57 Å². The third-order valence-electron chi connectivity index (χ3n) is 2.90. The summed E-state index contributed by atoms with van der Waals surface area (Å²) in [6.45, 7) is 0.391. The Kier molecular flexibility index (Phi) is 2.90. The van der Waals surface area contributed by atoms with Crippen molar-refractivity contribution in [1.29, 1.82) is 0 Å². The smallest absolute Gasteiger partial charge is 0.237 e. The number of Topliss-reactive ketones (excluding diaryl/α,β-unsaturated/α-hetero) is 1. The molecule has 0 saturated carbocycles. The van der Waals surface area contributed by atoms with E-state index in [2.05, 4.69) is 12.1 Å². The number of benzene rings is 1. The van der Waals surface area contributed by atoms with Gasteiger partial charge in [0.1, 0.15) is 0 Å². The number of hydrogen-bond donors (Lipinski definition) is 0. The van der Waals surface area contributed by atoms with Gasteiger partial charge in [-0.1, -0.05) is 18.2 Å². The fourth-order valence-corrected chi connectivity index (χ4v) is 2.69. The van der Waals surface area contributed by atoms with E-state index in [9.17, 15) is 4.79 Å². The van der Waals surface area contributed by atoms with Crippen LogP contribution in [0.2, 0.25) is 0 Å². The van der Waals surface area contributed by atoms with Crippen LogP contribution in [0.25, 0.3) is 10.9 Å². The summed E-state index contributed by atoms with van der Waals surface area (Å²) < 4.78 is 2.00. The second-order valence-electron chi connectivity index (χ2n) is 4.10. The zero-order valence-corrected chi connectivity index (χ0v) is 10.6. The van der Waals surface area contributed by atoms with Crippen LogP contribution in [-0.2, 0) is 6.54 Å². The molecule has 2 nitrogen and oxygen atoms in total. The van der Waals surface area contributed by atoms with Gasteiger partial charge in [0, 0.05) is 17.5 Å². The number of para-hydroxylation sites is 1.